The van der Waals surface area contributed by atoms with Crippen LogP contribution in [0.3, 0.4) is 0 Å². The van der Waals surface area contributed by atoms with E-state index in [0.29, 0.717) is 0 Å². The Morgan fingerprint density at radius 1 is 0.857 bits per heavy atom. The fraction of sp³-hybridized carbons (Fsp3) is 0.636. The first-order valence-corrected chi connectivity index (χ1v) is 6.14. The van der Waals surface area contributed by atoms with Gasteiger partial charge in [0.25, 0.3) is 0 Å². The molecule has 1 saturated carbocycles. The van der Waals surface area contributed by atoms with Gasteiger partial charge in [0.15, 0.2) is 0 Å². The van der Waals surface area contributed by atoms with Crippen molar-refractivity contribution in [1.29, 1.82) is 0 Å². The molecule has 1 aromatic rings. The second-order valence-electron chi connectivity index (χ2n) is 3.46. The molecule has 14 heavy (non-hydrogen) atoms. The number of hydrogen-bond acceptors (Lipinski definition) is 2. The summed E-state index contributed by atoms with van der Waals surface area (Å²) in [6.45, 7) is 0. The molecular formula is C11H19NOS. The molecular weight excluding hydrogens is 194 g/mol. The maximum Gasteiger partial charge on any atom is 0.126 e. The molecule has 0 unspecified atom stereocenters. The van der Waals surface area contributed by atoms with Crippen molar-refractivity contribution in [2.45, 2.75) is 44.9 Å². The number of aromatic nitrogens is 1. The molecule has 80 valence electrons. The topological polar surface area (TPSA) is 28.9 Å². The molecule has 2 nitrogen and oxygen atoms in total. The van der Waals surface area contributed by atoms with E-state index < -0.39 is 0 Å². The van der Waals surface area contributed by atoms with Crippen LogP contribution >= 0.6 is 11.8 Å². The molecule has 3 heteroatoms. The lowest BCUT2D eigenvalue weighted by Gasteiger charge is -1.85. The summed E-state index contributed by atoms with van der Waals surface area (Å²) in [5.41, 5.74) is 0. The van der Waals surface area contributed by atoms with Gasteiger partial charge in [-0.05, 0) is 12.1 Å². The monoisotopic (exact) mass is 213 g/mol. The molecule has 0 aromatic carbocycles. The number of hydrogen-bond donors (Lipinski definition) is 1. The molecule has 0 saturated heterocycles. The van der Waals surface area contributed by atoms with Crippen LogP contribution in [0.1, 0.15) is 44.9 Å². The Hall–Kier alpha value is -0.700. The van der Waals surface area contributed by atoms with Crippen LogP contribution in [0.25, 0.3) is 0 Å². The molecule has 0 amide bonds. The van der Waals surface area contributed by atoms with Crippen molar-refractivity contribution in [2.75, 3.05) is 0 Å². The molecule has 0 radical (unpaired) electrons. The standard InChI is InChI=1S/C7H14.C4H5NOS/c2*1-2-4-6-7-5-3-1/h1-7H2;1-5H. The summed E-state index contributed by atoms with van der Waals surface area (Å²) in [7, 11) is 0. The second-order valence-corrected chi connectivity index (χ2v) is 4.05. The molecule has 1 fully saturated rings. The Labute approximate surface area is 90.0 Å². The number of aromatic amines is 1. The van der Waals surface area contributed by atoms with Crippen LogP contribution in [0, 0.1) is 0 Å². The molecule has 2 rings (SSSR count). The third-order valence-corrected chi connectivity index (χ3v) is 2.70. The van der Waals surface area contributed by atoms with E-state index in [1.54, 1.807) is 12.5 Å². The van der Waals surface area contributed by atoms with Gasteiger partial charge < -0.3 is 3.85 Å². The molecule has 0 spiro atoms. The minimum atomic E-state index is 1.19. The van der Waals surface area contributed by atoms with Crippen molar-refractivity contribution in [3.05, 3.63) is 24.6 Å². The minimum Gasteiger partial charge on any atom is -0.395 e. The number of H-pyrrole nitrogens is 1. The van der Waals surface area contributed by atoms with Crippen LogP contribution in [-0.4, -0.2) is 4.37 Å². The lowest BCUT2D eigenvalue weighted by Crippen LogP contribution is -1.66. The Balaban J connectivity index is 0.000000140. The van der Waals surface area contributed by atoms with Gasteiger partial charge in [-0.25, -0.2) is 0 Å². The SMILES string of the molecule is C1CCCCCC1.c1ccos[nH]c1. The van der Waals surface area contributed by atoms with Crippen LogP contribution in [-0.2, 0) is 0 Å². The fourth-order valence-corrected chi connectivity index (χ4v) is 1.80. The molecule has 0 bridgehead atoms. The summed E-state index contributed by atoms with van der Waals surface area (Å²) in [5.74, 6) is 0. The molecule has 1 heterocycles. The molecule has 0 aliphatic heterocycles. The first-order valence-electron chi connectivity index (χ1n) is 5.40. The van der Waals surface area contributed by atoms with E-state index in [2.05, 4.69) is 4.37 Å². The van der Waals surface area contributed by atoms with Gasteiger partial charge in [-0.1, -0.05) is 44.9 Å². The van der Waals surface area contributed by atoms with Gasteiger partial charge in [0, 0.05) is 6.20 Å². The van der Waals surface area contributed by atoms with Crippen LogP contribution in [0.15, 0.2) is 28.4 Å². The normalized spacial score (nSPS) is 16.0. The molecule has 0 atom stereocenters. The lowest BCUT2D eigenvalue weighted by atomic mass is 10.2. The van der Waals surface area contributed by atoms with Crippen molar-refractivity contribution in [2.24, 2.45) is 0 Å². The highest BCUT2D eigenvalue weighted by atomic mass is 32.1. The maximum atomic E-state index is 4.76. The molecule has 1 aliphatic carbocycles. The van der Waals surface area contributed by atoms with E-state index in [-0.39, 0.29) is 0 Å². The summed E-state index contributed by atoms with van der Waals surface area (Å²) in [5, 5.41) is 0. The van der Waals surface area contributed by atoms with Gasteiger partial charge in [0.1, 0.15) is 18.1 Å². The van der Waals surface area contributed by atoms with Crippen molar-refractivity contribution in [1.82, 2.24) is 4.37 Å². The molecule has 1 N–H and O–H groups in total. The van der Waals surface area contributed by atoms with Crippen LogP contribution in [0.2, 0.25) is 0 Å². The predicted molar refractivity (Wildman–Crippen MR) is 60.9 cm³/mol. The maximum absolute atomic E-state index is 4.76. The third-order valence-electron chi connectivity index (χ3n) is 2.26. The van der Waals surface area contributed by atoms with Crippen LogP contribution < -0.4 is 0 Å². The summed E-state index contributed by atoms with van der Waals surface area (Å²) in [6.07, 6.45) is 13.9. The molecule has 1 aliphatic rings. The van der Waals surface area contributed by atoms with E-state index in [1.807, 2.05) is 12.1 Å². The van der Waals surface area contributed by atoms with Crippen LogP contribution in [0.4, 0.5) is 0 Å². The Morgan fingerprint density at radius 2 is 1.43 bits per heavy atom. The third kappa shape index (κ3) is 6.78. The van der Waals surface area contributed by atoms with Gasteiger partial charge in [0.05, 0.1) is 0 Å². The zero-order valence-electron chi connectivity index (χ0n) is 8.58. The average Bonchev–Trinajstić information content (AvgIpc) is 2.68. The first-order chi connectivity index (χ1) is 7.00. The average molecular weight is 213 g/mol. The van der Waals surface area contributed by atoms with Gasteiger partial charge in [-0.3, -0.25) is 4.37 Å². The Kier molecular flexibility index (Phi) is 7.21. The summed E-state index contributed by atoms with van der Waals surface area (Å²) >= 11 is 1.19. The summed E-state index contributed by atoms with van der Waals surface area (Å²) in [4.78, 5) is 0. The van der Waals surface area contributed by atoms with E-state index in [4.69, 9.17) is 3.85 Å². The summed E-state index contributed by atoms with van der Waals surface area (Å²) in [6, 6.07) is 3.67. The van der Waals surface area contributed by atoms with E-state index >= 15 is 0 Å². The predicted octanol–water partition coefficient (Wildman–Crippen LogP) is 4.52. The molecule has 1 aromatic heterocycles. The van der Waals surface area contributed by atoms with E-state index in [9.17, 15) is 0 Å². The largest absolute Gasteiger partial charge is 0.395 e. The first kappa shape index (κ1) is 11.4. The smallest absolute Gasteiger partial charge is 0.126 e. The van der Waals surface area contributed by atoms with Gasteiger partial charge in [0.2, 0.25) is 0 Å². The summed E-state index contributed by atoms with van der Waals surface area (Å²) < 4.78 is 7.56. The minimum absolute atomic E-state index is 1.19. The lowest BCUT2D eigenvalue weighted by molar-refractivity contribution is 0.681. The Morgan fingerprint density at radius 3 is 2.00 bits per heavy atom. The number of rotatable bonds is 0. The van der Waals surface area contributed by atoms with Gasteiger partial charge in [-0.2, -0.15) is 0 Å². The zero-order valence-corrected chi connectivity index (χ0v) is 9.39. The quantitative estimate of drug-likeness (QED) is 0.630. The zero-order chi connectivity index (χ0) is 9.90. The van der Waals surface area contributed by atoms with Crippen LogP contribution in [0.5, 0.6) is 0 Å². The van der Waals surface area contributed by atoms with Crippen molar-refractivity contribution >= 4 is 11.8 Å². The van der Waals surface area contributed by atoms with Gasteiger partial charge in [-0.15, -0.1) is 0 Å². The van der Waals surface area contributed by atoms with E-state index in [1.165, 1.54) is 56.8 Å². The highest BCUT2D eigenvalue weighted by Crippen LogP contribution is 2.15. The fourth-order valence-electron chi connectivity index (χ4n) is 1.49. The second kappa shape index (κ2) is 8.88. The highest BCUT2D eigenvalue weighted by molar-refractivity contribution is 6.96. The number of nitrogens with one attached hydrogen (secondary N) is 1. The van der Waals surface area contributed by atoms with Crippen molar-refractivity contribution in [3.8, 4) is 0 Å². The Bertz CT molecular complexity index is 166. The van der Waals surface area contributed by atoms with E-state index in [0.717, 1.165) is 0 Å². The highest BCUT2D eigenvalue weighted by Gasteiger charge is 1.95. The van der Waals surface area contributed by atoms with Crippen molar-refractivity contribution in [3.63, 3.8) is 0 Å². The van der Waals surface area contributed by atoms with Gasteiger partial charge >= 0.3 is 0 Å². The van der Waals surface area contributed by atoms with Crippen molar-refractivity contribution < 1.29 is 3.85 Å².